The van der Waals surface area contributed by atoms with Crippen LogP contribution in [0.15, 0.2) is 24.3 Å². The second-order valence-electron chi connectivity index (χ2n) is 7.57. The molecule has 0 saturated heterocycles. The van der Waals surface area contributed by atoms with E-state index in [1.165, 1.54) is 7.11 Å². The van der Waals surface area contributed by atoms with Gasteiger partial charge in [0, 0.05) is 5.57 Å². The van der Waals surface area contributed by atoms with Crippen LogP contribution < -0.4 is 10.6 Å². The molecule has 2 atom stereocenters. The van der Waals surface area contributed by atoms with Gasteiger partial charge in [0.15, 0.2) is 0 Å². The third-order valence-electron chi connectivity index (χ3n) is 3.43. The fourth-order valence-electron chi connectivity index (χ4n) is 2.05. The maximum atomic E-state index is 12.5. The highest BCUT2D eigenvalue weighted by atomic mass is 16.6. The summed E-state index contributed by atoms with van der Waals surface area (Å²) in [5.74, 6) is -0.849. The van der Waals surface area contributed by atoms with Crippen LogP contribution in [0.4, 0.5) is 4.79 Å². The van der Waals surface area contributed by atoms with Crippen molar-refractivity contribution in [2.75, 3.05) is 7.11 Å². The SMILES string of the molecule is C=C(C(=O)N[C@@H](CC(C)C)C(=C)C(=O)OC)[C@H](C)NC(=O)OC(C)(C)C. The number of hydrogen-bond acceptors (Lipinski definition) is 5. The molecule has 0 aromatic carbocycles. The summed E-state index contributed by atoms with van der Waals surface area (Å²) in [4.78, 5) is 36.0. The van der Waals surface area contributed by atoms with Gasteiger partial charge in [0.2, 0.25) is 5.91 Å². The van der Waals surface area contributed by atoms with E-state index in [1.54, 1.807) is 27.7 Å². The van der Waals surface area contributed by atoms with Crippen LogP contribution in [0.5, 0.6) is 0 Å². The molecule has 26 heavy (non-hydrogen) atoms. The first-order valence-corrected chi connectivity index (χ1v) is 8.54. The third kappa shape index (κ3) is 8.69. The lowest BCUT2D eigenvalue weighted by atomic mass is 9.97. The normalized spacial score (nSPS) is 13.4. The van der Waals surface area contributed by atoms with Crippen molar-refractivity contribution in [1.82, 2.24) is 10.6 Å². The molecule has 0 rings (SSSR count). The predicted molar refractivity (Wildman–Crippen MR) is 101 cm³/mol. The van der Waals surface area contributed by atoms with Gasteiger partial charge >= 0.3 is 12.1 Å². The third-order valence-corrected chi connectivity index (χ3v) is 3.43. The summed E-state index contributed by atoms with van der Waals surface area (Å²) < 4.78 is 9.84. The Morgan fingerprint density at radius 2 is 1.54 bits per heavy atom. The van der Waals surface area contributed by atoms with E-state index in [0.29, 0.717) is 6.42 Å². The van der Waals surface area contributed by atoms with Crippen molar-refractivity contribution in [3.05, 3.63) is 24.3 Å². The van der Waals surface area contributed by atoms with E-state index < -0.39 is 35.7 Å². The van der Waals surface area contributed by atoms with Crippen molar-refractivity contribution in [1.29, 1.82) is 0 Å². The summed E-state index contributed by atoms with van der Waals surface area (Å²) in [6, 6.07) is -1.23. The number of hydrogen-bond donors (Lipinski definition) is 2. The molecule has 0 aliphatic carbocycles. The van der Waals surface area contributed by atoms with Crippen LogP contribution in [0.3, 0.4) is 0 Å². The summed E-state index contributed by atoms with van der Waals surface area (Å²) in [5, 5.41) is 5.29. The Bertz CT molecular complexity index is 561. The van der Waals surface area contributed by atoms with E-state index in [2.05, 4.69) is 28.5 Å². The van der Waals surface area contributed by atoms with Gasteiger partial charge in [-0.1, -0.05) is 27.0 Å². The number of methoxy groups -OCH3 is 1. The number of ether oxygens (including phenoxy) is 2. The van der Waals surface area contributed by atoms with E-state index in [4.69, 9.17) is 4.74 Å². The first-order chi connectivity index (χ1) is 11.8. The molecule has 0 heterocycles. The van der Waals surface area contributed by atoms with Crippen LogP contribution in [-0.2, 0) is 19.1 Å². The second kappa shape index (κ2) is 9.99. The number of carbonyl (C=O) groups excluding carboxylic acids is 3. The molecular weight excluding hydrogens is 336 g/mol. The van der Waals surface area contributed by atoms with E-state index in [9.17, 15) is 14.4 Å². The van der Waals surface area contributed by atoms with Crippen LogP contribution in [0.1, 0.15) is 48.0 Å². The smallest absolute Gasteiger partial charge is 0.408 e. The Morgan fingerprint density at radius 3 is 1.96 bits per heavy atom. The van der Waals surface area contributed by atoms with Crippen LogP contribution in [0, 0.1) is 5.92 Å². The number of carbonyl (C=O) groups is 3. The van der Waals surface area contributed by atoms with Crippen LogP contribution >= 0.6 is 0 Å². The zero-order valence-electron chi connectivity index (χ0n) is 16.9. The van der Waals surface area contributed by atoms with Crippen LogP contribution in [0.25, 0.3) is 0 Å². The fraction of sp³-hybridized carbons (Fsp3) is 0.632. The summed E-state index contributed by atoms with van der Waals surface area (Å²) in [6.07, 6.45) is -0.127. The average molecular weight is 368 g/mol. The van der Waals surface area contributed by atoms with Crippen LogP contribution in [-0.4, -0.2) is 42.8 Å². The minimum absolute atomic E-state index is 0.141. The van der Waals surface area contributed by atoms with Gasteiger partial charge in [0.1, 0.15) is 5.60 Å². The number of rotatable bonds is 8. The van der Waals surface area contributed by atoms with Gasteiger partial charge in [0.25, 0.3) is 0 Å². The van der Waals surface area contributed by atoms with Crippen molar-refractivity contribution in [2.45, 2.75) is 65.6 Å². The van der Waals surface area contributed by atoms with Gasteiger partial charge in [-0.3, -0.25) is 4.79 Å². The topological polar surface area (TPSA) is 93.7 Å². The fourth-order valence-corrected chi connectivity index (χ4v) is 2.05. The molecule has 0 aliphatic heterocycles. The highest BCUT2D eigenvalue weighted by Crippen LogP contribution is 2.14. The molecule has 0 aromatic rings. The predicted octanol–water partition coefficient (Wildman–Crippen LogP) is 2.72. The first kappa shape index (κ1) is 23.7. The molecule has 0 fully saturated rings. The summed E-state index contributed by atoms with van der Waals surface area (Å²) in [7, 11) is 1.26. The van der Waals surface area contributed by atoms with Gasteiger partial charge in [-0.2, -0.15) is 0 Å². The molecule has 148 valence electrons. The molecule has 0 radical (unpaired) electrons. The number of amides is 2. The van der Waals surface area contributed by atoms with Gasteiger partial charge in [-0.15, -0.1) is 0 Å². The largest absolute Gasteiger partial charge is 0.466 e. The molecule has 0 bridgehead atoms. The van der Waals surface area contributed by atoms with Gasteiger partial charge < -0.3 is 20.1 Å². The van der Waals surface area contributed by atoms with Crippen molar-refractivity contribution in [3.63, 3.8) is 0 Å². The Kier molecular flexibility index (Phi) is 9.10. The number of esters is 1. The quantitative estimate of drug-likeness (QED) is 0.507. The lowest BCUT2D eigenvalue weighted by Gasteiger charge is -2.25. The molecule has 0 unspecified atom stereocenters. The van der Waals surface area contributed by atoms with Crippen molar-refractivity contribution in [2.24, 2.45) is 5.92 Å². The zero-order chi connectivity index (χ0) is 20.7. The minimum Gasteiger partial charge on any atom is -0.466 e. The maximum absolute atomic E-state index is 12.5. The van der Waals surface area contributed by atoms with E-state index in [0.717, 1.165) is 0 Å². The number of nitrogens with one attached hydrogen (secondary N) is 2. The molecule has 0 aromatic heterocycles. The lowest BCUT2D eigenvalue weighted by Crippen LogP contribution is -2.45. The van der Waals surface area contributed by atoms with Crippen molar-refractivity contribution >= 4 is 18.0 Å². The minimum atomic E-state index is -0.645. The second-order valence-corrected chi connectivity index (χ2v) is 7.57. The van der Waals surface area contributed by atoms with E-state index >= 15 is 0 Å². The van der Waals surface area contributed by atoms with Gasteiger partial charge in [-0.05, 0) is 40.0 Å². The first-order valence-electron chi connectivity index (χ1n) is 8.54. The summed E-state index contributed by atoms with van der Waals surface area (Å²) >= 11 is 0. The Morgan fingerprint density at radius 1 is 1.00 bits per heavy atom. The molecule has 0 saturated carbocycles. The standard InChI is InChI=1S/C19H32N2O5/c1-11(2)10-15(13(4)17(23)25-9)21-16(22)12(3)14(5)20-18(24)26-19(6,7)8/h11,14-15H,3-4,10H2,1-2,5-9H3,(H,20,24)(H,21,22)/t14-,15-/m0/s1. The van der Waals surface area contributed by atoms with Crippen LogP contribution in [0.2, 0.25) is 0 Å². The summed E-state index contributed by atoms with van der Waals surface area (Å²) in [5.41, 5.74) is -0.342. The Hall–Kier alpha value is -2.31. The summed E-state index contributed by atoms with van der Waals surface area (Å²) in [6.45, 7) is 18.2. The molecule has 0 spiro atoms. The highest BCUT2D eigenvalue weighted by molar-refractivity contribution is 5.96. The molecular formula is C19H32N2O5. The number of alkyl carbamates (subject to hydrolysis) is 1. The lowest BCUT2D eigenvalue weighted by molar-refractivity contribution is -0.136. The average Bonchev–Trinajstić information content (AvgIpc) is 2.49. The molecule has 2 amide bonds. The molecule has 0 aliphatic rings. The Balaban J connectivity index is 4.96. The zero-order valence-corrected chi connectivity index (χ0v) is 16.9. The molecule has 2 N–H and O–H groups in total. The van der Waals surface area contributed by atoms with Gasteiger partial charge in [-0.25, -0.2) is 9.59 Å². The van der Waals surface area contributed by atoms with Crippen molar-refractivity contribution < 1.29 is 23.9 Å². The van der Waals surface area contributed by atoms with E-state index in [-0.39, 0.29) is 17.1 Å². The molecule has 7 nitrogen and oxygen atoms in total. The Labute approximate surface area is 156 Å². The molecule has 7 heteroatoms. The van der Waals surface area contributed by atoms with Crippen molar-refractivity contribution in [3.8, 4) is 0 Å². The monoisotopic (exact) mass is 368 g/mol. The van der Waals surface area contributed by atoms with E-state index in [1.807, 2.05) is 13.8 Å². The maximum Gasteiger partial charge on any atom is 0.408 e. The van der Waals surface area contributed by atoms with Gasteiger partial charge in [0.05, 0.1) is 24.8 Å². The highest BCUT2D eigenvalue weighted by Gasteiger charge is 2.26.